The molecule has 3 aromatic carbocycles. The molecule has 0 saturated carbocycles. The fraction of sp³-hybridized carbons (Fsp3) is 0.143. The van der Waals surface area contributed by atoms with Gasteiger partial charge in [0.2, 0.25) is 23.3 Å². The van der Waals surface area contributed by atoms with E-state index in [1.54, 1.807) is 24.3 Å². The van der Waals surface area contributed by atoms with Crippen molar-refractivity contribution >= 4 is 34.8 Å². The van der Waals surface area contributed by atoms with E-state index in [4.69, 9.17) is 64.3 Å². The van der Waals surface area contributed by atoms with Crippen LogP contribution in [0, 0.1) is 22.7 Å². The van der Waals surface area contributed by atoms with Crippen molar-refractivity contribution in [1.82, 2.24) is 39.5 Å². The normalized spacial score (nSPS) is 11.1. The van der Waals surface area contributed by atoms with E-state index in [1.807, 2.05) is 24.3 Å². The SMILES string of the molecule is COc1nnc(-c2ccccc2)cc1Cn1cnc(C(F)(F)F)c(Oc2cc(Cl)cc(C#N)c2)c1=O.COc1nnc(Cl)cc1Cn1cnc(C(F)(F)F)c(Oc2cc(Cl)cc(C#N)c2)c1=O. The minimum atomic E-state index is -4.99. The lowest BCUT2D eigenvalue weighted by molar-refractivity contribution is -0.143. The molecule has 0 unspecified atom stereocenters. The summed E-state index contributed by atoms with van der Waals surface area (Å²) in [6.45, 7) is -0.518. The van der Waals surface area contributed by atoms with E-state index < -0.39 is 46.4 Å². The zero-order valence-corrected chi connectivity index (χ0v) is 36.2. The largest absolute Gasteiger partial charge is 0.480 e. The summed E-state index contributed by atoms with van der Waals surface area (Å²) in [5, 5.41) is 33.6. The Morgan fingerprint density at radius 3 is 1.49 bits per heavy atom. The van der Waals surface area contributed by atoms with Gasteiger partial charge in [0.25, 0.3) is 11.1 Å². The van der Waals surface area contributed by atoms with Crippen LogP contribution in [0.4, 0.5) is 26.3 Å². The van der Waals surface area contributed by atoms with Gasteiger partial charge in [-0.1, -0.05) is 65.1 Å². The molecule has 4 aromatic heterocycles. The number of alkyl halides is 6. The number of ether oxygens (including phenoxy) is 4. The third-order valence-electron chi connectivity index (χ3n) is 8.75. The highest BCUT2D eigenvalue weighted by molar-refractivity contribution is 6.31. The van der Waals surface area contributed by atoms with Gasteiger partial charge in [-0.3, -0.25) is 18.7 Å². The van der Waals surface area contributed by atoms with Crippen LogP contribution < -0.4 is 30.1 Å². The van der Waals surface area contributed by atoms with E-state index in [-0.39, 0.29) is 68.2 Å². The fourth-order valence-electron chi connectivity index (χ4n) is 5.86. The number of rotatable bonds is 11. The lowest BCUT2D eigenvalue weighted by Gasteiger charge is -2.15. The maximum absolute atomic E-state index is 13.7. The molecule has 0 spiro atoms. The highest BCUT2D eigenvalue weighted by Crippen LogP contribution is 2.37. The first kappa shape index (κ1) is 48.7. The minimum Gasteiger partial charge on any atom is -0.480 e. The summed E-state index contributed by atoms with van der Waals surface area (Å²) in [6.07, 6.45) is -8.49. The number of methoxy groups -OCH3 is 2. The van der Waals surface area contributed by atoms with Crippen LogP contribution in [-0.2, 0) is 25.4 Å². The molecule has 342 valence electrons. The van der Waals surface area contributed by atoms with Crippen LogP contribution in [-0.4, -0.2) is 53.7 Å². The van der Waals surface area contributed by atoms with Gasteiger partial charge in [0, 0.05) is 26.7 Å². The third-order valence-corrected chi connectivity index (χ3v) is 9.37. The second-order valence-corrected chi connectivity index (χ2v) is 14.6. The number of nitrogens with zero attached hydrogens (tertiary/aromatic N) is 10. The molecule has 0 aliphatic heterocycles. The van der Waals surface area contributed by atoms with Crippen LogP contribution in [0.1, 0.15) is 33.6 Å². The van der Waals surface area contributed by atoms with Gasteiger partial charge in [0.15, 0.2) is 16.5 Å². The first-order chi connectivity index (χ1) is 31.8. The molecule has 0 bridgehead atoms. The Morgan fingerprint density at radius 1 is 0.612 bits per heavy atom. The number of halogens is 9. The maximum atomic E-state index is 13.7. The molecule has 0 aliphatic rings. The zero-order valence-electron chi connectivity index (χ0n) is 33.9. The summed E-state index contributed by atoms with van der Waals surface area (Å²) in [4.78, 5) is 32.8. The number of hydrogen-bond donors (Lipinski definition) is 0. The van der Waals surface area contributed by atoms with Crippen molar-refractivity contribution in [3.63, 3.8) is 0 Å². The van der Waals surface area contributed by atoms with Crippen LogP contribution in [0.15, 0.2) is 101 Å². The molecular formula is C42H25Cl3F6N10O6. The Balaban J connectivity index is 0.000000224. The number of benzene rings is 3. The molecule has 0 N–H and O–H groups in total. The summed E-state index contributed by atoms with van der Waals surface area (Å²) < 4.78 is 104. The van der Waals surface area contributed by atoms with Crippen molar-refractivity contribution in [2.75, 3.05) is 14.2 Å². The molecule has 7 aromatic rings. The highest BCUT2D eigenvalue weighted by atomic mass is 35.5. The smallest absolute Gasteiger partial charge is 0.437 e. The zero-order chi connectivity index (χ0) is 48.6. The Morgan fingerprint density at radius 2 is 1.06 bits per heavy atom. The monoisotopic (exact) mass is 984 g/mol. The number of hydrogen-bond acceptors (Lipinski definition) is 14. The summed E-state index contributed by atoms with van der Waals surface area (Å²) >= 11 is 17.6. The van der Waals surface area contributed by atoms with Gasteiger partial charge < -0.3 is 18.9 Å². The van der Waals surface area contributed by atoms with Gasteiger partial charge in [0.05, 0.1) is 68.9 Å². The van der Waals surface area contributed by atoms with Crippen molar-refractivity contribution in [2.24, 2.45) is 0 Å². The Bertz CT molecular complexity index is 3180. The van der Waals surface area contributed by atoms with E-state index in [0.29, 0.717) is 17.6 Å². The molecule has 7 rings (SSSR count). The summed E-state index contributed by atoms with van der Waals surface area (Å²) in [5.41, 5.74) is -3.39. The van der Waals surface area contributed by atoms with E-state index in [9.17, 15) is 35.9 Å². The molecule has 4 heterocycles. The standard InChI is InChI=1S/C24H15ClF3N5O3.C18H10Cl2F3N5O3/c1-35-22-16(9-19(31-32-22)15-5-3-2-4-6-15)12-33-13-30-21(24(26,27)28)20(23(33)34)36-18-8-14(11-29)7-17(25)10-18;1-30-16-10(4-13(20)26-27-16)7-28-8-25-15(18(21,22)23)14(17(28)29)31-12-3-9(6-24)2-11(19)5-12/h2-10,13H,12H2,1H3;2-5,8H,7H2,1H3. The minimum absolute atomic E-state index is 0.0110. The Labute approximate surface area is 387 Å². The maximum Gasteiger partial charge on any atom is 0.437 e. The molecular weight excluding hydrogens is 961 g/mol. The number of aromatic nitrogens is 8. The number of nitriles is 2. The van der Waals surface area contributed by atoms with Crippen LogP contribution in [0.5, 0.6) is 34.8 Å². The van der Waals surface area contributed by atoms with E-state index >= 15 is 0 Å². The highest BCUT2D eigenvalue weighted by Gasteiger charge is 2.40. The molecule has 0 saturated heterocycles. The molecule has 0 aliphatic carbocycles. The van der Waals surface area contributed by atoms with Crippen LogP contribution in [0.2, 0.25) is 15.2 Å². The molecule has 0 fully saturated rings. The quantitative estimate of drug-likeness (QED) is 0.111. The third kappa shape index (κ3) is 11.9. The van der Waals surface area contributed by atoms with Gasteiger partial charge in [0.1, 0.15) is 11.5 Å². The lowest BCUT2D eigenvalue weighted by Crippen LogP contribution is -2.27. The van der Waals surface area contributed by atoms with Gasteiger partial charge in [-0.2, -0.15) is 36.9 Å². The summed E-state index contributed by atoms with van der Waals surface area (Å²) in [6, 6.07) is 22.8. The van der Waals surface area contributed by atoms with E-state index in [2.05, 4.69) is 30.4 Å². The van der Waals surface area contributed by atoms with Crippen LogP contribution >= 0.6 is 34.8 Å². The van der Waals surface area contributed by atoms with Crippen LogP contribution in [0.3, 0.4) is 0 Å². The molecule has 0 atom stereocenters. The lowest BCUT2D eigenvalue weighted by atomic mass is 10.1. The van der Waals surface area contributed by atoms with Crippen molar-refractivity contribution in [2.45, 2.75) is 25.4 Å². The molecule has 25 heteroatoms. The molecule has 0 amide bonds. The van der Waals surface area contributed by atoms with Gasteiger partial charge in [-0.05, 0) is 48.5 Å². The van der Waals surface area contributed by atoms with Crippen molar-refractivity contribution in [1.29, 1.82) is 10.5 Å². The van der Waals surface area contributed by atoms with E-state index in [0.717, 1.165) is 39.2 Å². The Kier molecular flexibility index (Phi) is 14.9. The predicted molar refractivity (Wildman–Crippen MR) is 225 cm³/mol. The first-order valence-electron chi connectivity index (χ1n) is 18.4. The Hall–Kier alpha value is -7.79. The second kappa shape index (κ2) is 20.6. The summed E-state index contributed by atoms with van der Waals surface area (Å²) in [5.74, 6) is -2.52. The van der Waals surface area contributed by atoms with E-state index in [1.165, 1.54) is 38.5 Å². The second-order valence-electron chi connectivity index (χ2n) is 13.3. The van der Waals surface area contributed by atoms with Crippen molar-refractivity contribution in [3.8, 4) is 58.2 Å². The fourth-order valence-corrected chi connectivity index (χ4v) is 6.48. The topological polar surface area (TPSA) is 206 Å². The van der Waals surface area contributed by atoms with Gasteiger partial charge in [-0.15, -0.1) is 20.4 Å². The summed E-state index contributed by atoms with van der Waals surface area (Å²) in [7, 11) is 2.65. The van der Waals surface area contributed by atoms with Crippen molar-refractivity contribution in [3.05, 3.63) is 161 Å². The predicted octanol–water partition coefficient (Wildman–Crippen LogP) is 9.17. The van der Waals surface area contributed by atoms with Crippen molar-refractivity contribution < 1.29 is 45.3 Å². The average molecular weight is 986 g/mol. The molecule has 16 nitrogen and oxygen atoms in total. The van der Waals surface area contributed by atoms with Crippen LogP contribution in [0.25, 0.3) is 11.3 Å². The molecule has 67 heavy (non-hydrogen) atoms. The van der Waals surface area contributed by atoms with Gasteiger partial charge >= 0.3 is 12.4 Å². The first-order valence-corrected chi connectivity index (χ1v) is 19.6. The molecule has 0 radical (unpaired) electrons. The average Bonchev–Trinajstić information content (AvgIpc) is 3.28. The van der Waals surface area contributed by atoms with Gasteiger partial charge in [-0.25, -0.2) is 9.97 Å².